The average Bonchev–Trinajstić information content (AvgIpc) is 2.98. The Hall–Kier alpha value is -0.720. The second-order valence-corrected chi connectivity index (χ2v) is 5.82. The Balaban J connectivity index is 0.00000121. The molecule has 1 aliphatic rings. The lowest BCUT2D eigenvalue weighted by Gasteiger charge is -2.35. The van der Waals surface area contributed by atoms with Crippen LogP contribution in [0.4, 0.5) is 8.78 Å². The summed E-state index contributed by atoms with van der Waals surface area (Å²) in [4.78, 5) is 3.13. The minimum Gasteiger partial charge on any atom is -0.314 e. The molecule has 1 fully saturated rings. The number of nitrogens with zero attached hydrogens (tertiary/aromatic N) is 1. The highest BCUT2D eigenvalue weighted by molar-refractivity contribution is 7.10. The maximum absolute atomic E-state index is 14.2. The van der Waals surface area contributed by atoms with Gasteiger partial charge in [-0.25, -0.2) is 8.78 Å². The minimum atomic E-state index is -0.470. The Labute approximate surface area is 145 Å². The van der Waals surface area contributed by atoms with Gasteiger partial charge in [0.25, 0.3) is 0 Å². The van der Waals surface area contributed by atoms with E-state index in [9.17, 15) is 8.78 Å². The number of thiophene rings is 1. The number of nitrogens with one attached hydrogen (secondary N) is 1. The molecule has 1 aliphatic heterocycles. The van der Waals surface area contributed by atoms with Gasteiger partial charge in [-0.1, -0.05) is 12.1 Å². The van der Waals surface area contributed by atoms with Gasteiger partial charge in [0.05, 0.1) is 6.04 Å². The van der Waals surface area contributed by atoms with Gasteiger partial charge in [0.2, 0.25) is 0 Å². The summed E-state index contributed by atoms with van der Waals surface area (Å²) in [6, 6.07) is 7.62. The Morgan fingerprint density at radius 3 is 2.18 bits per heavy atom. The second kappa shape index (κ2) is 8.79. The number of hydrogen-bond acceptors (Lipinski definition) is 3. The fourth-order valence-corrected chi connectivity index (χ4v) is 3.53. The molecular formula is C15H18Cl2F2N2S. The Kier molecular flexibility index (Phi) is 7.72. The number of halogens is 4. The summed E-state index contributed by atoms with van der Waals surface area (Å²) in [7, 11) is 0. The third-order valence-electron chi connectivity index (χ3n) is 3.60. The molecule has 0 unspecified atom stereocenters. The third-order valence-corrected chi connectivity index (χ3v) is 4.53. The zero-order valence-corrected chi connectivity index (χ0v) is 14.2. The lowest BCUT2D eigenvalue weighted by Crippen LogP contribution is -2.45. The Morgan fingerprint density at radius 2 is 1.64 bits per heavy atom. The smallest absolute Gasteiger partial charge is 0.131 e. The highest BCUT2D eigenvalue weighted by atomic mass is 35.5. The summed E-state index contributed by atoms with van der Waals surface area (Å²) in [5, 5.41) is 5.22. The molecule has 1 N–H and O–H groups in total. The highest BCUT2D eigenvalue weighted by Gasteiger charge is 2.29. The first-order chi connectivity index (χ1) is 9.77. The molecule has 0 spiro atoms. The quantitative estimate of drug-likeness (QED) is 0.886. The Morgan fingerprint density at radius 1 is 1.00 bits per heavy atom. The lowest BCUT2D eigenvalue weighted by molar-refractivity contribution is 0.194. The van der Waals surface area contributed by atoms with Crippen LogP contribution in [0.1, 0.15) is 16.5 Å². The fourth-order valence-electron chi connectivity index (χ4n) is 2.66. The molecule has 1 saturated heterocycles. The first-order valence-corrected chi connectivity index (χ1v) is 7.57. The van der Waals surface area contributed by atoms with Crippen LogP contribution in [-0.2, 0) is 0 Å². The van der Waals surface area contributed by atoms with Crippen LogP contribution in [0.3, 0.4) is 0 Å². The van der Waals surface area contributed by atoms with Crippen LogP contribution < -0.4 is 5.32 Å². The van der Waals surface area contributed by atoms with Gasteiger partial charge >= 0.3 is 0 Å². The van der Waals surface area contributed by atoms with Crippen molar-refractivity contribution in [2.45, 2.75) is 6.04 Å². The summed E-state index contributed by atoms with van der Waals surface area (Å²) in [6.07, 6.45) is 0. The van der Waals surface area contributed by atoms with Gasteiger partial charge in [0, 0.05) is 36.6 Å². The van der Waals surface area contributed by atoms with Crippen molar-refractivity contribution in [2.24, 2.45) is 0 Å². The standard InChI is InChI=1S/C15H16F2N2S.2ClH/c16-11-3-1-4-12(17)14(11)15(13-5-2-10-20-13)19-8-6-18-7-9-19;;/h1-5,10,15,18H,6-9H2;2*1H/t15-;;/m0../s1. The van der Waals surface area contributed by atoms with Crippen molar-refractivity contribution in [3.05, 3.63) is 57.8 Å². The number of benzene rings is 1. The predicted molar refractivity (Wildman–Crippen MR) is 91.5 cm³/mol. The van der Waals surface area contributed by atoms with E-state index in [4.69, 9.17) is 0 Å². The van der Waals surface area contributed by atoms with Crippen molar-refractivity contribution >= 4 is 36.2 Å². The number of piperazine rings is 1. The van der Waals surface area contributed by atoms with Gasteiger partial charge in [0.1, 0.15) is 11.6 Å². The van der Waals surface area contributed by atoms with Crippen LogP contribution >= 0.6 is 36.2 Å². The van der Waals surface area contributed by atoms with Crippen LogP contribution in [0, 0.1) is 11.6 Å². The van der Waals surface area contributed by atoms with Crippen molar-refractivity contribution < 1.29 is 8.78 Å². The third kappa shape index (κ3) is 3.97. The maximum Gasteiger partial charge on any atom is 0.131 e. The van der Waals surface area contributed by atoms with E-state index in [0.29, 0.717) is 0 Å². The second-order valence-electron chi connectivity index (χ2n) is 4.84. The van der Waals surface area contributed by atoms with Crippen molar-refractivity contribution in [1.29, 1.82) is 0 Å². The minimum absolute atomic E-state index is 0. The Bertz CT molecular complexity index is 555. The molecule has 7 heteroatoms. The molecule has 122 valence electrons. The molecule has 0 aliphatic carbocycles. The van der Waals surface area contributed by atoms with E-state index in [1.54, 1.807) is 11.3 Å². The van der Waals surface area contributed by atoms with E-state index >= 15 is 0 Å². The monoisotopic (exact) mass is 366 g/mol. The van der Waals surface area contributed by atoms with E-state index in [1.165, 1.54) is 18.2 Å². The van der Waals surface area contributed by atoms with Crippen LogP contribution in [0.2, 0.25) is 0 Å². The predicted octanol–water partition coefficient (Wildman–Crippen LogP) is 3.86. The van der Waals surface area contributed by atoms with Crippen molar-refractivity contribution in [1.82, 2.24) is 10.2 Å². The first kappa shape index (κ1) is 19.3. The van der Waals surface area contributed by atoms with E-state index in [2.05, 4.69) is 10.2 Å². The molecule has 1 aromatic heterocycles. The summed E-state index contributed by atoms with van der Waals surface area (Å²) < 4.78 is 28.3. The molecule has 2 aromatic rings. The molecule has 2 nitrogen and oxygen atoms in total. The fraction of sp³-hybridized carbons (Fsp3) is 0.333. The molecule has 3 rings (SSSR count). The van der Waals surface area contributed by atoms with Gasteiger partial charge in [-0.2, -0.15) is 0 Å². The molecule has 22 heavy (non-hydrogen) atoms. The first-order valence-electron chi connectivity index (χ1n) is 6.69. The molecule has 0 bridgehead atoms. The van der Waals surface area contributed by atoms with Gasteiger partial charge in [0.15, 0.2) is 0 Å². The summed E-state index contributed by atoms with van der Waals surface area (Å²) in [5.41, 5.74) is 0.164. The molecule has 2 heterocycles. The summed E-state index contributed by atoms with van der Waals surface area (Å²) in [6.45, 7) is 3.27. The number of hydrogen-bond donors (Lipinski definition) is 1. The highest BCUT2D eigenvalue weighted by Crippen LogP contribution is 2.34. The van der Waals surface area contributed by atoms with E-state index in [-0.39, 0.29) is 36.4 Å². The normalized spacial score (nSPS) is 16.5. The van der Waals surface area contributed by atoms with E-state index in [1.807, 2.05) is 17.5 Å². The topological polar surface area (TPSA) is 15.3 Å². The average molecular weight is 367 g/mol. The van der Waals surface area contributed by atoms with Crippen LogP contribution in [0.25, 0.3) is 0 Å². The van der Waals surface area contributed by atoms with Gasteiger partial charge in [-0.3, -0.25) is 4.90 Å². The molecule has 0 saturated carbocycles. The van der Waals surface area contributed by atoms with Crippen LogP contribution in [0.5, 0.6) is 0 Å². The number of rotatable bonds is 3. The van der Waals surface area contributed by atoms with Gasteiger partial charge < -0.3 is 5.32 Å². The zero-order chi connectivity index (χ0) is 13.9. The largest absolute Gasteiger partial charge is 0.314 e. The molecule has 0 amide bonds. The van der Waals surface area contributed by atoms with Crippen LogP contribution in [0.15, 0.2) is 35.7 Å². The molecular weight excluding hydrogens is 349 g/mol. The molecule has 0 radical (unpaired) electrons. The van der Waals surface area contributed by atoms with E-state index in [0.717, 1.165) is 31.1 Å². The van der Waals surface area contributed by atoms with Crippen molar-refractivity contribution in [3.63, 3.8) is 0 Å². The molecule has 1 aromatic carbocycles. The SMILES string of the molecule is Cl.Cl.Fc1cccc(F)c1[C@H](c1cccs1)N1CCNCC1. The van der Waals surface area contributed by atoms with E-state index < -0.39 is 11.6 Å². The van der Waals surface area contributed by atoms with Gasteiger partial charge in [-0.15, -0.1) is 36.2 Å². The maximum atomic E-state index is 14.2. The van der Waals surface area contributed by atoms with Crippen molar-refractivity contribution in [3.8, 4) is 0 Å². The summed E-state index contributed by atoms with van der Waals surface area (Å²) in [5.74, 6) is -0.941. The summed E-state index contributed by atoms with van der Waals surface area (Å²) >= 11 is 1.54. The van der Waals surface area contributed by atoms with Gasteiger partial charge in [-0.05, 0) is 23.6 Å². The van der Waals surface area contributed by atoms with Crippen molar-refractivity contribution in [2.75, 3.05) is 26.2 Å². The lowest BCUT2D eigenvalue weighted by atomic mass is 10.0. The van der Waals surface area contributed by atoms with Crippen LogP contribution in [-0.4, -0.2) is 31.1 Å². The molecule has 1 atom stereocenters. The zero-order valence-electron chi connectivity index (χ0n) is 11.8.